The molecule has 0 saturated heterocycles. The molecule has 0 saturated carbocycles. The third-order valence-electron chi connectivity index (χ3n) is 0. The third kappa shape index (κ3) is 57.6. The fourth-order valence-electron chi connectivity index (χ4n) is 0. The molecule has 4 nitrogen and oxygen atoms in total. The van der Waals surface area contributed by atoms with Crippen LogP contribution in [0.4, 0.5) is 0 Å². The van der Waals surface area contributed by atoms with Gasteiger partial charge in [0.15, 0.2) is 0 Å². The van der Waals surface area contributed by atoms with Crippen LogP contribution in [0.3, 0.4) is 0 Å². The fourth-order valence-corrected chi connectivity index (χ4v) is 0. The Morgan fingerprint density at radius 1 is 1.12 bits per heavy atom. The van der Waals surface area contributed by atoms with Gasteiger partial charge in [0.05, 0.1) is 0 Å². The molecule has 0 bridgehead atoms. The summed E-state index contributed by atoms with van der Waals surface area (Å²) < 4.78 is 8.55. The summed E-state index contributed by atoms with van der Waals surface area (Å²) in [7, 11) is -5.39. The number of rotatable bonds is 0. The van der Waals surface area contributed by atoms with Crippen LogP contribution in [-0.4, -0.2) is 0 Å². The SMILES string of the molecule is O=P([O-])([O-])[O-].[Eu+3].[V].[Y+3]. The van der Waals surface area contributed by atoms with E-state index in [9.17, 15) is 0 Å². The molecule has 0 aliphatic heterocycles. The zero-order valence-electron chi connectivity index (χ0n) is 3.48. The topological polar surface area (TPSA) is 86.2 Å². The van der Waals surface area contributed by atoms with Crippen LogP contribution in [0.15, 0.2) is 0 Å². The summed E-state index contributed by atoms with van der Waals surface area (Å²) in [6.07, 6.45) is 0. The summed E-state index contributed by atoms with van der Waals surface area (Å²) in [6.45, 7) is 0. The summed E-state index contributed by atoms with van der Waals surface area (Å²) >= 11 is 0. The molecule has 41 valence electrons. The van der Waals surface area contributed by atoms with Gasteiger partial charge in [-0.2, -0.15) is 7.82 Å². The van der Waals surface area contributed by atoms with Crippen LogP contribution in [0, 0.1) is 49.4 Å². The maximum absolute atomic E-state index is 8.55. The van der Waals surface area contributed by atoms with Gasteiger partial charge in [-0.25, -0.2) is 0 Å². The molecule has 0 spiro atoms. The normalized spacial score (nSPS) is 7.38. The van der Waals surface area contributed by atoms with Crippen molar-refractivity contribution >= 4 is 7.82 Å². The van der Waals surface area contributed by atoms with Gasteiger partial charge in [-0.1, -0.05) is 0 Å². The van der Waals surface area contributed by atoms with Crippen LogP contribution in [0.5, 0.6) is 0 Å². The first-order chi connectivity index (χ1) is 2.00. The number of hydrogen-bond donors (Lipinski definition) is 0. The van der Waals surface area contributed by atoms with Crippen LogP contribution in [0.2, 0.25) is 0 Å². The Kier molecular flexibility index (Phi) is 29.2. The molecule has 1 radical (unpaired) electrons. The Labute approximate surface area is 125 Å². The predicted molar refractivity (Wildman–Crippen MR) is 7.61 cm³/mol. The second kappa shape index (κ2) is 10.4. The van der Waals surface area contributed by atoms with E-state index in [1.807, 2.05) is 0 Å². The van der Waals surface area contributed by atoms with Gasteiger partial charge in [-0.15, -0.1) is 0 Å². The van der Waals surface area contributed by atoms with Gasteiger partial charge in [0.1, 0.15) is 0 Å². The van der Waals surface area contributed by atoms with Gasteiger partial charge < -0.3 is 19.2 Å². The van der Waals surface area contributed by atoms with Crippen molar-refractivity contribution in [3.63, 3.8) is 0 Å². The monoisotopic (exact) mass is 388 g/mol. The maximum atomic E-state index is 8.55. The molecule has 0 unspecified atom stereocenters. The second-order valence-electron chi connectivity index (χ2n) is 0.447. The largest absolute Gasteiger partial charge is 3.00 e. The van der Waals surface area contributed by atoms with E-state index in [1.165, 1.54) is 0 Å². The van der Waals surface area contributed by atoms with Gasteiger partial charge in [-0.05, 0) is 0 Å². The number of hydrogen-bond acceptors (Lipinski definition) is 4. The minimum atomic E-state index is -5.39. The molecular weight excluding hydrogens is 387 g/mol. The summed E-state index contributed by atoms with van der Waals surface area (Å²) in [4.78, 5) is 25.6. The Hall–Kier alpha value is 3.38. The van der Waals surface area contributed by atoms with E-state index in [4.69, 9.17) is 19.2 Å². The van der Waals surface area contributed by atoms with Crippen molar-refractivity contribution in [2.24, 2.45) is 0 Å². The predicted octanol–water partition coefficient (Wildman–Crippen LogP) is -2.83. The summed E-state index contributed by atoms with van der Waals surface area (Å²) in [6, 6.07) is 0. The summed E-state index contributed by atoms with van der Waals surface area (Å²) in [5, 5.41) is 0. The van der Waals surface area contributed by atoms with Crippen LogP contribution >= 0.6 is 7.82 Å². The van der Waals surface area contributed by atoms with E-state index in [1.54, 1.807) is 0 Å². The molecule has 0 rings (SSSR count). The molecule has 0 aliphatic carbocycles. The maximum Gasteiger partial charge on any atom is 3.00 e. The third-order valence-corrected chi connectivity index (χ3v) is 0. The molecule has 0 fully saturated rings. The van der Waals surface area contributed by atoms with Gasteiger partial charge in [0, 0.05) is 18.6 Å². The van der Waals surface area contributed by atoms with Crippen molar-refractivity contribution in [2.45, 2.75) is 0 Å². The Balaban J connectivity index is -0.0000000267. The molecule has 0 atom stereocenters. The van der Waals surface area contributed by atoms with Gasteiger partial charge in [-0.3, -0.25) is 0 Å². The molecule has 8 heteroatoms. The van der Waals surface area contributed by atoms with E-state index in [0.717, 1.165) is 0 Å². The molecule has 0 aromatic heterocycles. The second-order valence-corrected chi connectivity index (χ2v) is 1.34. The van der Waals surface area contributed by atoms with Crippen LogP contribution in [0.25, 0.3) is 0 Å². The molecule has 0 N–H and O–H groups in total. The number of phosphoric acid groups is 1. The first-order valence-electron chi connectivity index (χ1n) is 0.730. The molecule has 0 aliphatic rings. The first kappa shape index (κ1) is 22.5. The minimum absolute atomic E-state index is 0. The average Bonchev–Trinajstić information content (AvgIpc) is 0.722. The molecule has 0 heterocycles. The molecule has 8 heavy (non-hydrogen) atoms. The van der Waals surface area contributed by atoms with Crippen molar-refractivity contribution in [3.05, 3.63) is 0 Å². The quantitative estimate of drug-likeness (QED) is 0.420. The van der Waals surface area contributed by atoms with E-state index >= 15 is 0 Å². The smallest absolute Gasteiger partial charge is 0.822 e. The Morgan fingerprint density at radius 3 is 1.12 bits per heavy atom. The summed E-state index contributed by atoms with van der Waals surface area (Å²) in [5.74, 6) is 0. The van der Waals surface area contributed by atoms with Crippen molar-refractivity contribution in [3.8, 4) is 0 Å². The van der Waals surface area contributed by atoms with E-state index in [2.05, 4.69) is 0 Å². The van der Waals surface area contributed by atoms with Gasteiger partial charge in [0.25, 0.3) is 0 Å². The average molecular weight is 387 g/mol. The van der Waals surface area contributed by atoms with Crippen molar-refractivity contribution < 1.29 is 120 Å². The van der Waals surface area contributed by atoms with Crippen molar-refractivity contribution in [1.82, 2.24) is 0 Å². The molecular formula is EuO4PVY+3. The van der Waals surface area contributed by atoms with E-state index in [-0.39, 0.29) is 101 Å². The Morgan fingerprint density at radius 2 is 1.12 bits per heavy atom. The zero-order chi connectivity index (χ0) is 4.50. The first-order valence-corrected chi connectivity index (χ1v) is 2.19. The minimum Gasteiger partial charge on any atom is -0.822 e. The zero-order valence-corrected chi connectivity index (χ0v) is 11.0. The van der Waals surface area contributed by atoms with Crippen LogP contribution in [-0.2, 0) is 55.8 Å². The van der Waals surface area contributed by atoms with Crippen LogP contribution < -0.4 is 14.7 Å². The van der Waals surface area contributed by atoms with Gasteiger partial charge in [0.2, 0.25) is 0 Å². The van der Waals surface area contributed by atoms with Gasteiger partial charge >= 0.3 is 82.1 Å². The fraction of sp³-hybridized carbons (Fsp3) is 0. The standard InChI is InChI=1S/Eu.H3O4P.V.Y/c;1-5(2,3)4;;/h;(H3,1,2,3,4);;/q+3;;;+3/p-3. The summed E-state index contributed by atoms with van der Waals surface area (Å²) in [5.41, 5.74) is 0. The van der Waals surface area contributed by atoms with Crippen molar-refractivity contribution in [1.29, 1.82) is 0 Å². The molecule has 0 aromatic carbocycles. The molecule has 0 aromatic rings. The van der Waals surface area contributed by atoms with E-state index in [0.29, 0.717) is 0 Å². The Bertz CT molecular complexity index is 62.2. The molecule has 0 amide bonds. The van der Waals surface area contributed by atoms with Crippen molar-refractivity contribution in [2.75, 3.05) is 0 Å². The van der Waals surface area contributed by atoms with E-state index < -0.39 is 7.82 Å². The van der Waals surface area contributed by atoms with Crippen LogP contribution in [0.1, 0.15) is 0 Å².